The van der Waals surface area contributed by atoms with E-state index >= 15 is 0 Å². The molecule has 0 heterocycles. The van der Waals surface area contributed by atoms with E-state index in [0.717, 1.165) is 5.56 Å². The number of rotatable bonds is 5. The highest BCUT2D eigenvalue weighted by Gasteiger charge is 2.11. The van der Waals surface area contributed by atoms with Crippen molar-refractivity contribution in [3.63, 3.8) is 0 Å². The number of hydrogen-bond donors (Lipinski definition) is 0. The summed E-state index contributed by atoms with van der Waals surface area (Å²) in [7, 11) is 1.73. The van der Waals surface area contributed by atoms with E-state index in [9.17, 15) is 4.79 Å². The van der Waals surface area contributed by atoms with Crippen molar-refractivity contribution in [1.29, 1.82) is 5.26 Å². The lowest BCUT2D eigenvalue weighted by Gasteiger charge is -2.18. The van der Waals surface area contributed by atoms with Gasteiger partial charge in [-0.05, 0) is 30.7 Å². The number of aryl methyl sites for hydroxylation is 1. The summed E-state index contributed by atoms with van der Waals surface area (Å²) < 4.78 is 5.44. The fourth-order valence-corrected chi connectivity index (χ4v) is 2.23. The van der Waals surface area contributed by atoms with E-state index in [1.54, 1.807) is 24.1 Å². The summed E-state index contributed by atoms with van der Waals surface area (Å²) in [6.45, 7) is 2.44. The molecule has 23 heavy (non-hydrogen) atoms. The minimum atomic E-state index is -0.147. The van der Waals surface area contributed by atoms with Crippen LogP contribution < -0.4 is 4.74 Å². The van der Waals surface area contributed by atoms with Crippen molar-refractivity contribution in [1.82, 2.24) is 4.90 Å². The van der Waals surface area contributed by atoms with E-state index in [2.05, 4.69) is 0 Å². The van der Waals surface area contributed by atoms with Gasteiger partial charge in [0.15, 0.2) is 6.61 Å². The largest absolute Gasteiger partial charge is 0.482 e. The first-order valence-electron chi connectivity index (χ1n) is 7.11. The Morgan fingerprint density at radius 1 is 1.26 bits per heavy atom. The van der Waals surface area contributed by atoms with Gasteiger partial charge < -0.3 is 9.64 Å². The minimum Gasteiger partial charge on any atom is -0.482 e. The molecule has 0 fully saturated rings. The van der Waals surface area contributed by atoms with Crippen LogP contribution >= 0.6 is 11.6 Å². The summed E-state index contributed by atoms with van der Waals surface area (Å²) in [5, 5.41) is 9.11. The predicted octanol–water partition coefficient (Wildman–Crippen LogP) is 3.56. The molecule has 5 heteroatoms. The molecule has 2 aromatic rings. The molecular formula is C18H17ClN2O2. The van der Waals surface area contributed by atoms with E-state index in [1.807, 2.05) is 37.3 Å². The number of amides is 1. The highest BCUT2D eigenvalue weighted by molar-refractivity contribution is 6.32. The molecule has 1 amide bonds. The molecule has 0 aromatic heterocycles. The third-order valence-electron chi connectivity index (χ3n) is 3.38. The average molecular weight is 329 g/mol. The molecule has 4 nitrogen and oxygen atoms in total. The van der Waals surface area contributed by atoms with Crippen LogP contribution in [0.2, 0.25) is 5.02 Å². The van der Waals surface area contributed by atoms with Gasteiger partial charge in [0.05, 0.1) is 16.7 Å². The van der Waals surface area contributed by atoms with Crippen molar-refractivity contribution in [2.75, 3.05) is 13.7 Å². The highest BCUT2D eigenvalue weighted by atomic mass is 35.5. The summed E-state index contributed by atoms with van der Waals surface area (Å²) in [6, 6.07) is 14.7. The summed E-state index contributed by atoms with van der Waals surface area (Å²) >= 11 is 6.01. The number of halogens is 1. The molecule has 118 valence electrons. The zero-order chi connectivity index (χ0) is 16.8. The maximum Gasteiger partial charge on any atom is 0.260 e. The second-order valence-corrected chi connectivity index (χ2v) is 5.69. The maximum atomic E-state index is 12.1. The van der Waals surface area contributed by atoms with Crippen molar-refractivity contribution >= 4 is 17.5 Å². The van der Waals surface area contributed by atoms with Gasteiger partial charge in [-0.15, -0.1) is 0 Å². The zero-order valence-corrected chi connectivity index (χ0v) is 13.8. The number of carbonyl (C=O) groups excluding carboxylic acids is 1. The van der Waals surface area contributed by atoms with Crippen LogP contribution in [-0.4, -0.2) is 24.5 Å². The molecule has 2 aromatic carbocycles. The van der Waals surface area contributed by atoms with Crippen molar-refractivity contribution in [2.24, 2.45) is 0 Å². The lowest BCUT2D eigenvalue weighted by molar-refractivity contribution is -0.132. The van der Waals surface area contributed by atoms with Gasteiger partial charge in [0, 0.05) is 13.6 Å². The number of carbonyl (C=O) groups is 1. The number of nitrogens with zero attached hydrogens (tertiary/aromatic N) is 2. The van der Waals surface area contributed by atoms with Gasteiger partial charge in [0.25, 0.3) is 5.91 Å². The number of likely N-dealkylation sites (N-methyl/N-ethyl adjacent to an activating group) is 1. The highest BCUT2D eigenvalue weighted by Crippen LogP contribution is 2.25. The molecule has 0 saturated heterocycles. The molecule has 0 saturated carbocycles. The Kier molecular flexibility index (Phi) is 5.61. The lowest BCUT2D eigenvalue weighted by atomic mass is 10.1. The third kappa shape index (κ3) is 4.73. The summed E-state index contributed by atoms with van der Waals surface area (Å²) in [6.07, 6.45) is 0. The number of benzene rings is 2. The molecule has 0 unspecified atom stereocenters. The van der Waals surface area contributed by atoms with E-state index < -0.39 is 0 Å². The lowest BCUT2D eigenvalue weighted by Crippen LogP contribution is -2.31. The van der Waals surface area contributed by atoms with Crippen molar-refractivity contribution in [3.8, 4) is 11.8 Å². The molecule has 0 atom stereocenters. The summed E-state index contributed by atoms with van der Waals surface area (Å²) in [5.74, 6) is 0.244. The van der Waals surface area contributed by atoms with Gasteiger partial charge in [-0.3, -0.25) is 4.79 Å². The smallest absolute Gasteiger partial charge is 0.260 e. The molecule has 0 aliphatic heterocycles. The van der Waals surface area contributed by atoms with Crippen molar-refractivity contribution in [3.05, 3.63) is 64.2 Å². The van der Waals surface area contributed by atoms with E-state index in [4.69, 9.17) is 21.6 Å². The fraction of sp³-hybridized carbons (Fsp3) is 0.222. The average Bonchev–Trinajstić information content (AvgIpc) is 2.55. The first kappa shape index (κ1) is 16.9. The quantitative estimate of drug-likeness (QED) is 0.843. The molecule has 0 bridgehead atoms. The first-order valence-corrected chi connectivity index (χ1v) is 7.49. The normalized spacial score (nSPS) is 10.0. The molecular weight excluding hydrogens is 312 g/mol. The minimum absolute atomic E-state index is 0.103. The van der Waals surface area contributed by atoms with Gasteiger partial charge in [-0.1, -0.05) is 41.4 Å². The second kappa shape index (κ2) is 7.66. The Balaban J connectivity index is 1.91. The third-order valence-corrected chi connectivity index (χ3v) is 3.67. The number of hydrogen-bond acceptors (Lipinski definition) is 3. The standard InChI is InChI=1S/C18H17ClN2O2/c1-13-3-5-14(6-4-13)11-21(2)18(22)12-23-17-8-7-15(10-20)9-16(17)19/h3-9H,11-12H2,1-2H3. The molecule has 0 aliphatic rings. The molecule has 0 spiro atoms. The van der Waals surface area contributed by atoms with Crippen molar-refractivity contribution in [2.45, 2.75) is 13.5 Å². The van der Waals surface area contributed by atoms with Gasteiger partial charge in [0.2, 0.25) is 0 Å². The molecule has 0 N–H and O–H groups in total. The summed E-state index contributed by atoms with van der Waals surface area (Å²) in [5.41, 5.74) is 2.69. The number of ether oxygens (including phenoxy) is 1. The van der Waals surface area contributed by atoms with Crippen LogP contribution in [-0.2, 0) is 11.3 Å². The van der Waals surface area contributed by atoms with E-state index in [-0.39, 0.29) is 12.5 Å². The second-order valence-electron chi connectivity index (χ2n) is 5.28. The SMILES string of the molecule is Cc1ccc(CN(C)C(=O)COc2ccc(C#N)cc2Cl)cc1. The predicted molar refractivity (Wildman–Crippen MR) is 89.3 cm³/mol. The zero-order valence-electron chi connectivity index (χ0n) is 13.0. The Bertz CT molecular complexity index is 736. The van der Waals surface area contributed by atoms with E-state index in [1.165, 1.54) is 11.6 Å². The van der Waals surface area contributed by atoms with E-state index in [0.29, 0.717) is 22.9 Å². The van der Waals surface area contributed by atoms with Gasteiger partial charge in [-0.25, -0.2) is 0 Å². The Morgan fingerprint density at radius 3 is 2.57 bits per heavy atom. The summed E-state index contributed by atoms with van der Waals surface area (Å²) in [4.78, 5) is 13.7. The Morgan fingerprint density at radius 2 is 1.96 bits per heavy atom. The van der Waals surface area contributed by atoms with Gasteiger partial charge in [0.1, 0.15) is 5.75 Å². The molecule has 0 aliphatic carbocycles. The van der Waals surface area contributed by atoms with Crippen LogP contribution in [0.5, 0.6) is 5.75 Å². The van der Waals surface area contributed by atoms with Crippen LogP contribution in [0.25, 0.3) is 0 Å². The number of nitriles is 1. The molecule has 2 rings (SSSR count). The monoisotopic (exact) mass is 328 g/mol. The first-order chi connectivity index (χ1) is 11.0. The topological polar surface area (TPSA) is 53.3 Å². The van der Waals surface area contributed by atoms with Gasteiger partial charge in [-0.2, -0.15) is 5.26 Å². The van der Waals surface area contributed by atoms with Crippen LogP contribution in [0, 0.1) is 18.3 Å². The van der Waals surface area contributed by atoms with Crippen LogP contribution in [0.1, 0.15) is 16.7 Å². The van der Waals surface area contributed by atoms with Crippen LogP contribution in [0.4, 0.5) is 0 Å². The van der Waals surface area contributed by atoms with Crippen LogP contribution in [0.15, 0.2) is 42.5 Å². The molecule has 0 radical (unpaired) electrons. The Labute approximate surface area is 140 Å². The van der Waals surface area contributed by atoms with Crippen LogP contribution in [0.3, 0.4) is 0 Å². The maximum absolute atomic E-state index is 12.1. The fourth-order valence-electron chi connectivity index (χ4n) is 1.99. The van der Waals surface area contributed by atoms with Gasteiger partial charge >= 0.3 is 0 Å². The van der Waals surface area contributed by atoms with Crippen molar-refractivity contribution < 1.29 is 9.53 Å². The Hall–Kier alpha value is -2.51.